The minimum atomic E-state index is 1.13. The van der Waals surface area contributed by atoms with Crippen molar-refractivity contribution in [1.29, 1.82) is 0 Å². The maximum atomic E-state index is 2.41. The van der Waals surface area contributed by atoms with E-state index >= 15 is 0 Å². The Bertz CT molecular complexity index is 2100. The van der Waals surface area contributed by atoms with Crippen molar-refractivity contribution in [3.8, 4) is 33.4 Å². The summed E-state index contributed by atoms with van der Waals surface area (Å²) in [7, 11) is 0. The van der Waals surface area contributed by atoms with Crippen LogP contribution < -0.4 is 4.90 Å². The molecule has 0 fully saturated rings. The molecule has 1 aromatic heterocycles. The van der Waals surface area contributed by atoms with Gasteiger partial charge in [-0.15, -0.1) is 11.3 Å². The Balaban J connectivity index is 1.31. The second-order valence-electron chi connectivity index (χ2n) is 11.0. The summed E-state index contributed by atoms with van der Waals surface area (Å²) >= 11 is 1.87. The van der Waals surface area contributed by atoms with E-state index in [1.54, 1.807) is 0 Å². The third-order valence-corrected chi connectivity index (χ3v) is 9.49. The van der Waals surface area contributed by atoms with Gasteiger partial charge in [-0.3, -0.25) is 0 Å². The molecule has 0 radical (unpaired) electrons. The van der Waals surface area contributed by atoms with E-state index in [2.05, 4.69) is 181 Å². The average molecular weight is 580 g/mol. The molecule has 0 spiro atoms. The number of hydrogen-bond donors (Lipinski definition) is 0. The topological polar surface area (TPSA) is 3.24 Å². The zero-order valence-corrected chi connectivity index (χ0v) is 24.9. The lowest BCUT2D eigenvalue weighted by Crippen LogP contribution is -2.10. The molecule has 1 nitrogen and oxygen atoms in total. The van der Waals surface area contributed by atoms with Gasteiger partial charge in [0.1, 0.15) is 0 Å². The van der Waals surface area contributed by atoms with E-state index in [0.717, 1.165) is 11.4 Å². The Morgan fingerprint density at radius 1 is 0.364 bits per heavy atom. The molecule has 0 atom stereocenters. The molecule has 208 valence electrons. The summed E-state index contributed by atoms with van der Waals surface area (Å²) in [6.07, 6.45) is 0. The van der Waals surface area contributed by atoms with Crippen LogP contribution in [0.3, 0.4) is 0 Å². The highest BCUT2D eigenvalue weighted by atomic mass is 32.1. The van der Waals surface area contributed by atoms with E-state index in [1.807, 2.05) is 11.3 Å². The molecule has 7 aromatic carbocycles. The Kier molecular flexibility index (Phi) is 6.75. The van der Waals surface area contributed by atoms with E-state index in [9.17, 15) is 0 Å². The van der Waals surface area contributed by atoms with Crippen LogP contribution in [0.15, 0.2) is 176 Å². The molecular formula is C42H29NS. The quantitative estimate of drug-likeness (QED) is 0.189. The molecule has 0 aliphatic heterocycles. The monoisotopic (exact) mass is 579 g/mol. The number of rotatable bonds is 6. The fourth-order valence-corrected chi connectivity index (χ4v) is 7.39. The van der Waals surface area contributed by atoms with Gasteiger partial charge in [0.05, 0.1) is 10.4 Å². The molecular weight excluding hydrogens is 551 g/mol. The number of anilines is 3. The van der Waals surface area contributed by atoms with Gasteiger partial charge in [0.2, 0.25) is 0 Å². The zero-order valence-electron chi connectivity index (χ0n) is 24.1. The van der Waals surface area contributed by atoms with Gasteiger partial charge >= 0.3 is 0 Å². The van der Waals surface area contributed by atoms with E-state index in [4.69, 9.17) is 0 Å². The Labute approximate surface area is 261 Å². The van der Waals surface area contributed by atoms with Gasteiger partial charge in [0.25, 0.3) is 0 Å². The van der Waals surface area contributed by atoms with Gasteiger partial charge in [-0.2, -0.15) is 0 Å². The highest BCUT2D eigenvalue weighted by Gasteiger charge is 2.19. The molecule has 8 rings (SSSR count). The smallest absolute Gasteiger partial charge is 0.0640 e. The summed E-state index contributed by atoms with van der Waals surface area (Å²) in [5, 5.41) is 2.60. The van der Waals surface area contributed by atoms with Gasteiger partial charge in [-0.05, 0) is 69.8 Å². The molecule has 0 aliphatic carbocycles. The first-order valence-electron chi connectivity index (χ1n) is 14.9. The molecule has 0 bridgehead atoms. The summed E-state index contributed by atoms with van der Waals surface area (Å²) in [5.41, 5.74) is 10.8. The molecule has 0 saturated carbocycles. The summed E-state index contributed by atoms with van der Waals surface area (Å²) in [6.45, 7) is 0. The van der Waals surface area contributed by atoms with Crippen LogP contribution in [0.5, 0.6) is 0 Å². The predicted octanol–water partition coefficient (Wildman–Crippen LogP) is 12.5. The van der Waals surface area contributed by atoms with Crippen molar-refractivity contribution < 1.29 is 0 Å². The lowest BCUT2D eigenvalue weighted by atomic mass is 9.99. The summed E-state index contributed by atoms with van der Waals surface area (Å²) in [6, 6.07) is 63.2. The molecule has 0 unspecified atom stereocenters. The van der Waals surface area contributed by atoms with Gasteiger partial charge < -0.3 is 4.90 Å². The number of fused-ring (bicyclic) bond motifs is 3. The number of thiophene rings is 1. The number of nitrogens with zero attached hydrogens (tertiary/aromatic N) is 1. The van der Waals surface area contributed by atoms with Gasteiger partial charge in [0.15, 0.2) is 0 Å². The number of hydrogen-bond acceptors (Lipinski definition) is 2. The maximum absolute atomic E-state index is 2.41. The fraction of sp³-hybridized carbons (Fsp3) is 0. The fourth-order valence-electron chi connectivity index (χ4n) is 6.16. The van der Waals surface area contributed by atoms with Gasteiger partial charge in [0, 0.05) is 26.8 Å². The first kappa shape index (κ1) is 26.2. The molecule has 0 N–H and O–H groups in total. The normalized spacial score (nSPS) is 11.2. The van der Waals surface area contributed by atoms with Crippen LogP contribution in [0.1, 0.15) is 0 Å². The van der Waals surface area contributed by atoms with Crippen molar-refractivity contribution in [1.82, 2.24) is 0 Å². The van der Waals surface area contributed by atoms with Crippen LogP contribution in [-0.4, -0.2) is 0 Å². The standard InChI is InChI=1S/C42H29NS/c1-4-12-30(13-5-1)32-22-26-35(27-23-32)43(36-28-24-33(25-29-36)31-14-6-2-7-15-31)39-20-10-19-38-41-37(34-16-8-3-9-17-34)18-11-21-40(41)44-42(38)39/h1-29H. The van der Waals surface area contributed by atoms with Gasteiger partial charge in [-0.25, -0.2) is 0 Å². The SMILES string of the molecule is c1ccc(-c2ccc(N(c3ccc(-c4ccccc4)cc3)c3cccc4c3sc3cccc(-c5ccccc5)c34)cc2)cc1. The second kappa shape index (κ2) is 11.3. The van der Waals surface area contributed by atoms with E-state index in [-0.39, 0.29) is 0 Å². The molecule has 2 heteroatoms. The van der Waals surface area contributed by atoms with Crippen molar-refractivity contribution in [3.63, 3.8) is 0 Å². The van der Waals surface area contributed by atoms with Crippen molar-refractivity contribution in [2.75, 3.05) is 4.90 Å². The lowest BCUT2D eigenvalue weighted by molar-refractivity contribution is 1.30. The molecule has 1 heterocycles. The first-order valence-corrected chi connectivity index (χ1v) is 15.8. The zero-order chi connectivity index (χ0) is 29.3. The summed E-state index contributed by atoms with van der Waals surface area (Å²) in [4.78, 5) is 2.41. The molecule has 8 aromatic rings. The summed E-state index contributed by atoms with van der Waals surface area (Å²) < 4.78 is 2.58. The van der Waals surface area contributed by atoms with Crippen LogP contribution in [0.25, 0.3) is 53.6 Å². The van der Waals surface area contributed by atoms with Crippen molar-refractivity contribution in [2.24, 2.45) is 0 Å². The van der Waals surface area contributed by atoms with E-state index < -0.39 is 0 Å². The number of benzene rings is 7. The Hall–Kier alpha value is -5.44. The van der Waals surface area contributed by atoms with Crippen LogP contribution in [0.4, 0.5) is 17.1 Å². The van der Waals surface area contributed by atoms with Crippen molar-refractivity contribution >= 4 is 48.6 Å². The molecule has 0 saturated heterocycles. The first-order chi connectivity index (χ1) is 21.8. The van der Waals surface area contributed by atoms with Crippen LogP contribution in [-0.2, 0) is 0 Å². The molecule has 44 heavy (non-hydrogen) atoms. The second-order valence-corrected chi connectivity index (χ2v) is 12.0. The van der Waals surface area contributed by atoms with Crippen molar-refractivity contribution in [3.05, 3.63) is 176 Å². The minimum Gasteiger partial charge on any atom is -0.309 e. The van der Waals surface area contributed by atoms with Crippen molar-refractivity contribution in [2.45, 2.75) is 0 Å². The van der Waals surface area contributed by atoms with Crippen LogP contribution in [0.2, 0.25) is 0 Å². The van der Waals surface area contributed by atoms with Crippen LogP contribution >= 0.6 is 11.3 Å². The van der Waals surface area contributed by atoms with E-state index in [0.29, 0.717) is 0 Å². The third-order valence-electron chi connectivity index (χ3n) is 8.29. The Morgan fingerprint density at radius 3 is 1.39 bits per heavy atom. The minimum absolute atomic E-state index is 1.13. The van der Waals surface area contributed by atoms with E-state index in [1.165, 1.54) is 59.2 Å². The summed E-state index contributed by atoms with van der Waals surface area (Å²) in [5.74, 6) is 0. The molecule has 0 amide bonds. The third kappa shape index (κ3) is 4.76. The predicted molar refractivity (Wildman–Crippen MR) is 190 cm³/mol. The lowest BCUT2D eigenvalue weighted by Gasteiger charge is -2.26. The highest BCUT2D eigenvalue weighted by molar-refractivity contribution is 7.26. The maximum Gasteiger partial charge on any atom is 0.0640 e. The van der Waals surface area contributed by atoms with Gasteiger partial charge in [-0.1, -0.05) is 140 Å². The largest absolute Gasteiger partial charge is 0.309 e. The molecule has 0 aliphatic rings. The van der Waals surface area contributed by atoms with Crippen LogP contribution in [0, 0.1) is 0 Å². The Morgan fingerprint density at radius 2 is 0.841 bits per heavy atom. The average Bonchev–Trinajstić information content (AvgIpc) is 3.50. The highest BCUT2D eigenvalue weighted by Crippen LogP contribution is 2.47.